The van der Waals surface area contributed by atoms with Crippen LogP contribution in [-0.4, -0.2) is 31.6 Å². The highest BCUT2D eigenvalue weighted by atomic mass is 16.5. The van der Waals surface area contributed by atoms with Gasteiger partial charge in [0.1, 0.15) is 17.1 Å². The summed E-state index contributed by atoms with van der Waals surface area (Å²) in [6, 6.07) is 11.5. The lowest BCUT2D eigenvalue weighted by molar-refractivity contribution is -0.122. The third-order valence-corrected chi connectivity index (χ3v) is 4.70. The molecule has 4 amide bonds. The number of methoxy groups -OCH3 is 1. The number of urea groups is 1. The number of hydrogen-bond donors (Lipinski definition) is 1. The summed E-state index contributed by atoms with van der Waals surface area (Å²) in [4.78, 5) is 39.1. The average molecular weight is 408 g/mol. The van der Waals surface area contributed by atoms with E-state index in [4.69, 9.17) is 9.47 Å². The summed E-state index contributed by atoms with van der Waals surface area (Å²) in [5.41, 5.74) is 1.68. The molecule has 0 unspecified atom stereocenters. The highest BCUT2D eigenvalue weighted by Crippen LogP contribution is 2.30. The Labute approximate surface area is 175 Å². The van der Waals surface area contributed by atoms with E-state index in [1.165, 1.54) is 6.08 Å². The van der Waals surface area contributed by atoms with Gasteiger partial charge in [0.2, 0.25) is 0 Å². The van der Waals surface area contributed by atoms with Crippen molar-refractivity contribution in [2.24, 2.45) is 0 Å². The summed E-state index contributed by atoms with van der Waals surface area (Å²) in [6.07, 6.45) is 2.87. The number of carbonyl (C=O) groups is 3. The second-order valence-corrected chi connectivity index (χ2v) is 6.69. The van der Waals surface area contributed by atoms with Crippen LogP contribution in [0.3, 0.4) is 0 Å². The zero-order chi connectivity index (χ0) is 21.7. The zero-order valence-electron chi connectivity index (χ0n) is 17.2. The lowest BCUT2D eigenvalue weighted by Gasteiger charge is -2.28. The molecule has 7 heteroatoms. The van der Waals surface area contributed by atoms with E-state index in [1.54, 1.807) is 37.4 Å². The molecule has 1 heterocycles. The maximum atomic E-state index is 13.2. The molecule has 2 aromatic carbocycles. The molecule has 1 N–H and O–H groups in total. The van der Waals surface area contributed by atoms with Crippen LogP contribution in [0.25, 0.3) is 6.08 Å². The minimum atomic E-state index is -0.764. The summed E-state index contributed by atoms with van der Waals surface area (Å²) in [6.45, 7) is 4.38. The van der Waals surface area contributed by atoms with Crippen LogP contribution in [-0.2, 0) is 16.0 Å². The molecule has 0 aliphatic carbocycles. The van der Waals surface area contributed by atoms with E-state index < -0.39 is 17.8 Å². The first-order valence-corrected chi connectivity index (χ1v) is 9.80. The van der Waals surface area contributed by atoms with Crippen LogP contribution in [0.4, 0.5) is 10.5 Å². The van der Waals surface area contributed by atoms with Crippen LogP contribution in [0.1, 0.15) is 31.4 Å². The molecule has 30 heavy (non-hydrogen) atoms. The lowest BCUT2D eigenvalue weighted by atomic mass is 10.0. The number of carbonyl (C=O) groups excluding carboxylic acids is 3. The molecular weight excluding hydrogens is 384 g/mol. The van der Waals surface area contributed by atoms with Gasteiger partial charge in [0.05, 0.1) is 19.4 Å². The monoisotopic (exact) mass is 408 g/mol. The van der Waals surface area contributed by atoms with Crippen molar-refractivity contribution in [1.82, 2.24) is 5.32 Å². The van der Waals surface area contributed by atoms with E-state index in [-0.39, 0.29) is 5.57 Å². The van der Waals surface area contributed by atoms with Gasteiger partial charge < -0.3 is 9.47 Å². The number of rotatable bonds is 7. The van der Waals surface area contributed by atoms with E-state index in [9.17, 15) is 14.4 Å². The number of nitrogens with one attached hydrogen (secondary N) is 1. The van der Waals surface area contributed by atoms with Crippen molar-refractivity contribution in [3.05, 3.63) is 59.2 Å². The average Bonchev–Trinajstić information content (AvgIpc) is 2.75. The first-order valence-electron chi connectivity index (χ1n) is 9.80. The number of benzene rings is 2. The Bertz CT molecular complexity index is 1010. The Kier molecular flexibility index (Phi) is 6.51. The molecule has 1 aliphatic heterocycles. The number of para-hydroxylation sites is 1. The third-order valence-electron chi connectivity index (χ3n) is 4.70. The van der Waals surface area contributed by atoms with Crippen LogP contribution < -0.4 is 19.7 Å². The minimum Gasteiger partial charge on any atom is -0.497 e. The molecular formula is C23H24N2O5. The standard InChI is InChI=1S/C23H24N2O5/c1-4-12-30-20-14-17(29-3)11-10-16(20)13-18-21(26)24-23(28)25(22(18)27)19-9-7-6-8-15(19)5-2/h6-11,13-14H,4-5,12H2,1-3H3,(H,24,26,28)/b18-13-. The number of imide groups is 2. The molecule has 2 aromatic rings. The first kappa shape index (κ1) is 21.1. The van der Waals surface area contributed by atoms with Gasteiger partial charge in [-0.15, -0.1) is 0 Å². The van der Waals surface area contributed by atoms with Gasteiger partial charge in [0, 0.05) is 11.6 Å². The van der Waals surface area contributed by atoms with Crippen molar-refractivity contribution < 1.29 is 23.9 Å². The van der Waals surface area contributed by atoms with Crippen molar-refractivity contribution in [2.75, 3.05) is 18.6 Å². The largest absolute Gasteiger partial charge is 0.497 e. The molecule has 1 aliphatic rings. The second kappa shape index (κ2) is 9.26. The number of aryl methyl sites for hydroxylation is 1. The summed E-state index contributed by atoms with van der Waals surface area (Å²) in [5, 5.41) is 2.26. The van der Waals surface area contributed by atoms with Crippen LogP contribution in [0, 0.1) is 0 Å². The maximum absolute atomic E-state index is 13.2. The number of ether oxygens (including phenoxy) is 2. The number of amides is 4. The van der Waals surface area contributed by atoms with Crippen molar-refractivity contribution in [3.63, 3.8) is 0 Å². The van der Waals surface area contributed by atoms with E-state index in [1.807, 2.05) is 26.0 Å². The quantitative estimate of drug-likeness (QED) is 0.558. The van der Waals surface area contributed by atoms with E-state index >= 15 is 0 Å². The molecule has 7 nitrogen and oxygen atoms in total. The van der Waals surface area contributed by atoms with Gasteiger partial charge in [0.15, 0.2) is 0 Å². The second-order valence-electron chi connectivity index (χ2n) is 6.69. The zero-order valence-corrected chi connectivity index (χ0v) is 17.2. The van der Waals surface area contributed by atoms with Crippen molar-refractivity contribution in [1.29, 1.82) is 0 Å². The Morgan fingerprint density at radius 1 is 1.07 bits per heavy atom. The van der Waals surface area contributed by atoms with E-state index in [0.29, 0.717) is 35.8 Å². The summed E-state index contributed by atoms with van der Waals surface area (Å²) in [5.74, 6) is -0.340. The maximum Gasteiger partial charge on any atom is 0.335 e. The Balaban J connectivity index is 2.05. The molecule has 0 saturated carbocycles. The molecule has 0 radical (unpaired) electrons. The Hall–Kier alpha value is -3.61. The lowest BCUT2D eigenvalue weighted by Crippen LogP contribution is -2.54. The van der Waals surface area contributed by atoms with Crippen LogP contribution in [0.15, 0.2) is 48.0 Å². The van der Waals surface area contributed by atoms with Gasteiger partial charge in [-0.05, 0) is 42.7 Å². The number of barbiturate groups is 1. The fraction of sp³-hybridized carbons (Fsp3) is 0.261. The Morgan fingerprint density at radius 3 is 2.53 bits per heavy atom. The number of hydrogen-bond acceptors (Lipinski definition) is 5. The van der Waals surface area contributed by atoms with Crippen LogP contribution >= 0.6 is 0 Å². The Morgan fingerprint density at radius 2 is 1.83 bits per heavy atom. The van der Waals surface area contributed by atoms with Gasteiger partial charge in [-0.3, -0.25) is 14.9 Å². The van der Waals surface area contributed by atoms with Crippen molar-refractivity contribution >= 4 is 29.6 Å². The first-order chi connectivity index (χ1) is 14.5. The van der Waals surface area contributed by atoms with E-state index in [0.717, 1.165) is 16.9 Å². The molecule has 0 spiro atoms. The van der Waals surface area contributed by atoms with Crippen LogP contribution in [0.2, 0.25) is 0 Å². The third kappa shape index (κ3) is 4.20. The fourth-order valence-electron chi connectivity index (χ4n) is 3.16. The van der Waals surface area contributed by atoms with Crippen molar-refractivity contribution in [3.8, 4) is 11.5 Å². The van der Waals surface area contributed by atoms with E-state index in [2.05, 4.69) is 5.32 Å². The normalized spacial score (nSPS) is 15.4. The molecule has 1 fully saturated rings. The number of nitrogens with zero attached hydrogens (tertiary/aromatic N) is 1. The fourth-order valence-corrected chi connectivity index (χ4v) is 3.16. The predicted octanol–water partition coefficient (Wildman–Crippen LogP) is 3.71. The highest BCUT2D eigenvalue weighted by molar-refractivity contribution is 6.39. The van der Waals surface area contributed by atoms with Gasteiger partial charge in [-0.1, -0.05) is 32.0 Å². The van der Waals surface area contributed by atoms with Crippen LogP contribution in [0.5, 0.6) is 11.5 Å². The highest BCUT2D eigenvalue weighted by Gasteiger charge is 2.37. The molecule has 156 valence electrons. The molecule has 0 atom stereocenters. The molecule has 0 aromatic heterocycles. The van der Waals surface area contributed by atoms with Gasteiger partial charge in [-0.25, -0.2) is 9.69 Å². The van der Waals surface area contributed by atoms with Crippen molar-refractivity contribution in [2.45, 2.75) is 26.7 Å². The summed E-state index contributed by atoms with van der Waals surface area (Å²) in [7, 11) is 1.55. The SMILES string of the molecule is CCCOc1cc(OC)ccc1/C=C1/C(=O)NC(=O)N(c2ccccc2CC)C1=O. The summed E-state index contributed by atoms with van der Waals surface area (Å²) < 4.78 is 11.0. The smallest absolute Gasteiger partial charge is 0.335 e. The topological polar surface area (TPSA) is 84.9 Å². The van der Waals surface area contributed by atoms with Gasteiger partial charge in [0.25, 0.3) is 11.8 Å². The molecule has 3 rings (SSSR count). The molecule has 0 bridgehead atoms. The minimum absolute atomic E-state index is 0.146. The van der Waals surface area contributed by atoms with Gasteiger partial charge >= 0.3 is 6.03 Å². The van der Waals surface area contributed by atoms with Gasteiger partial charge in [-0.2, -0.15) is 0 Å². The number of anilines is 1. The summed E-state index contributed by atoms with van der Waals surface area (Å²) >= 11 is 0. The predicted molar refractivity (Wildman–Crippen MR) is 114 cm³/mol. The molecule has 1 saturated heterocycles.